The van der Waals surface area contributed by atoms with Gasteiger partial charge in [-0.25, -0.2) is 13.1 Å². The molecule has 0 heterocycles. The first-order valence-corrected chi connectivity index (χ1v) is 8.76. The predicted molar refractivity (Wildman–Crippen MR) is 90.9 cm³/mol. The molecular formula is C17H22N2O2S. The molecule has 4 nitrogen and oxygen atoms in total. The number of sulfonamides is 1. The molecule has 0 unspecified atom stereocenters. The molecule has 0 fully saturated rings. The van der Waals surface area contributed by atoms with Crippen molar-refractivity contribution in [1.82, 2.24) is 4.72 Å². The van der Waals surface area contributed by atoms with Crippen molar-refractivity contribution < 1.29 is 8.42 Å². The molecule has 0 aliphatic rings. The fourth-order valence-electron chi connectivity index (χ4n) is 1.95. The molecule has 3 N–H and O–H groups in total. The number of nitrogens with one attached hydrogen (secondary N) is 1. The number of rotatable bonds is 5. The van der Waals surface area contributed by atoms with E-state index >= 15 is 0 Å². The van der Waals surface area contributed by atoms with Gasteiger partial charge in [-0.3, -0.25) is 0 Å². The van der Waals surface area contributed by atoms with E-state index in [0.717, 1.165) is 11.1 Å². The quantitative estimate of drug-likeness (QED) is 0.831. The van der Waals surface area contributed by atoms with Gasteiger partial charge in [-0.1, -0.05) is 38.1 Å². The van der Waals surface area contributed by atoms with Crippen LogP contribution in [0.4, 0.5) is 5.69 Å². The molecule has 0 aromatic heterocycles. The molecule has 2 aromatic rings. The second kappa shape index (κ2) is 6.50. The van der Waals surface area contributed by atoms with Crippen molar-refractivity contribution in [2.45, 2.75) is 31.7 Å². The van der Waals surface area contributed by atoms with Gasteiger partial charge in [-0.2, -0.15) is 0 Å². The minimum atomic E-state index is -3.48. The van der Waals surface area contributed by atoms with Gasteiger partial charge in [0.1, 0.15) is 0 Å². The molecule has 1 atom stereocenters. The highest BCUT2D eigenvalue weighted by Gasteiger charge is 2.19. The zero-order chi connectivity index (χ0) is 16.3. The molecule has 2 rings (SSSR count). The Balaban J connectivity index is 2.23. The van der Waals surface area contributed by atoms with E-state index in [1.54, 1.807) is 24.3 Å². The van der Waals surface area contributed by atoms with Crippen LogP contribution in [0.1, 0.15) is 20.8 Å². The van der Waals surface area contributed by atoms with Crippen molar-refractivity contribution >= 4 is 15.7 Å². The van der Waals surface area contributed by atoms with Crippen molar-refractivity contribution in [3.8, 4) is 11.1 Å². The van der Waals surface area contributed by atoms with Crippen molar-refractivity contribution in [3.63, 3.8) is 0 Å². The van der Waals surface area contributed by atoms with Gasteiger partial charge >= 0.3 is 0 Å². The van der Waals surface area contributed by atoms with Crippen LogP contribution < -0.4 is 10.5 Å². The van der Waals surface area contributed by atoms with Crippen LogP contribution in [0.15, 0.2) is 53.4 Å². The Bertz CT molecular complexity index is 720. The molecule has 0 saturated heterocycles. The molecular weight excluding hydrogens is 296 g/mol. The van der Waals surface area contributed by atoms with E-state index in [0.29, 0.717) is 5.69 Å². The lowest BCUT2D eigenvalue weighted by atomic mass is 10.1. The second-order valence-corrected chi connectivity index (χ2v) is 7.51. The summed E-state index contributed by atoms with van der Waals surface area (Å²) in [5, 5.41) is 0. The Hall–Kier alpha value is -1.85. The summed E-state index contributed by atoms with van der Waals surface area (Å²) < 4.78 is 27.3. The molecule has 118 valence electrons. The van der Waals surface area contributed by atoms with Crippen molar-refractivity contribution in [3.05, 3.63) is 48.5 Å². The third kappa shape index (κ3) is 3.87. The van der Waals surface area contributed by atoms with Crippen molar-refractivity contribution in [2.24, 2.45) is 5.92 Å². The third-order valence-electron chi connectivity index (χ3n) is 3.75. The van der Waals surface area contributed by atoms with E-state index in [-0.39, 0.29) is 16.9 Å². The van der Waals surface area contributed by atoms with Crippen LogP contribution in [-0.4, -0.2) is 14.5 Å². The fourth-order valence-corrected chi connectivity index (χ4v) is 3.34. The van der Waals surface area contributed by atoms with Crippen LogP contribution in [0.25, 0.3) is 11.1 Å². The van der Waals surface area contributed by atoms with E-state index in [1.165, 1.54) is 0 Å². The van der Waals surface area contributed by atoms with Crippen LogP contribution >= 0.6 is 0 Å². The summed E-state index contributed by atoms with van der Waals surface area (Å²) in [7, 11) is -3.48. The van der Waals surface area contributed by atoms with Gasteiger partial charge in [0, 0.05) is 11.7 Å². The lowest BCUT2D eigenvalue weighted by Gasteiger charge is -2.17. The molecule has 0 radical (unpaired) electrons. The molecule has 0 saturated carbocycles. The lowest BCUT2D eigenvalue weighted by Crippen LogP contribution is -2.36. The summed E-state index contributed by atoms with van der Waals surface area (Å²) in [5.74, 6) is 0.240. The SMILES string of the molecule is CC(C)[C@@H](C)NS(=O)(=O)c1ccc(-c2ccc(N)cc2)cc1. The summed E-state index contributed by atoms with van der Waals surface area (Å²) in [6, 6.07) is 14.2. The van der Waals surface area contributed by atoms with Gasteiger partial charge in [-0.05, 0) is 48.2 Å². The van der Waals surface area contributed by atoms with Crippen molar-refractivity contribution in [1.29, 1.82) is 0 Å². The molecule has 0 bridgehead atoms. The van der Waals surface area contributed by atoms with Crippen LogP contribution in [0.3, 0.4) is 0 Å². The first kappa shape index (κ1) is 16.5. The number of nitrogens with two attached hydrogens (primary N) is 1. The van der Waals surface area contributed by atoms with Gasteiger partial charge in [0.15, 0.2) is 0 Å². The van der Waals surface area contributed by atoms with Gasteiger partial charge in [0.2, 0.25) is 10.0 Å². The number of benzene rings is 2. The first-order valence-electron chi connectivity index (χ1n) is 7.28. The summed E-state index contributed by atoms with van der Waals surface area (Å²) in [6.07, 6.45) is 0. The Morgan fingerprint density at radius 1 is 0.864 bits per heavy atom. The standard InChI is InChI=1S/C17H22N2O2S/c1-12(2)13(3)19-22(20,21)17-10-6-15(7-11-17)14-4-8-16(18)9-5-14/h4-13,19H,18H2,1-3H3/t13-/m1/s1. The van der Waals surface area contributed by atoms with Crippen LogP contribution in [0.5, 0.6) is 0 Å². The monoisotopic (exact) mass is 318 g/mol. The minimum Gasteiger partial charge on any atom is -0.399 e. The highest BCUT2D eigenvalue weighted by molar-refractivity contribution is 7.89. The lowest BCUT2D eigenvalue weighted by molar-refractivity contribution is 0.476. The maximum absolute atomic E-state index is 12.3. The molecule has 2 aromatic carbocycles. The number of hydrogen-bond acceptors (Lipinski definition) is 3. The first-order chi connectivity index (χ1) is 10.3. The van der Waals surface area contributed by atoms with E-state index in [2.05, 4.69) is 4.72 Å². The van der Waals surface area contributed by atoms with E-state index < -0.39 is 10.0 Å². The topological polar surface area (TPSA) is 72.2 Å². The smallest absolute Gasteiger partial charge is 0.240 e. The highest BCUT2D eigenvalue weighted by Crippen LogP contribution is 2.22. The second-order valence-electron chi connectivity index (χ2n) is 5.80. The largest absolute Gasteiger partial charge is 0.399 e. The molecule has 0 spiro atoms. The van der Waals surface area contributed by atoms with E-state index in [4.69, 9.17) is 5.73 Å². The van der Waals surface area contributed by atoms with Crippen LogP contribution in [0, 0.1) is 5.92 Å². The maximum Gasteiger partial charge on any atom is 0.240 e. The number of hydrogen-bond donors (Lipinski definition) is 2. The van der Waals surface area contributed by atoms with Gasteiger partial charge < -0.3 is 5.73 Å². The third-order valence-corrected chi connectivity index (χ3v) is 5.32. The van der Waals surface area contributed by atoms with E-state index in [9.17, 15) is 8.42 Å². The number of nitrogen functional groups attached to an aromatic ring is 1. The zero-order valence-electron chi connectivity index (χ0n) is 13.1. The number of anilines is 1. The van der Waals surface area contributed by atoms with Crippen molar-refractivity contribution in [2.75, 3.05) is 5.73 Å². The highest BCUT2D eigenvalue weighted by atomic mass is 32.2. The maximum atomic E-state index is 12.3. The van der Waals surface area contributed by atoms with Crippen LogP contribution in [-0.2, 0) is 10.0 Å². The Labute approximate surface area is 132 Å². The molecule has 0 aliphatic heterocycles. The minimum absolute atomic E-state index is 0.109. The molecule has 0 amide bonds. The fraction of sp³-hybridized carbons (Fsp3) is 0.294. The Morgan fingerprint density at radius 3 is 1.77 bits per heavy atom. The van der Waals surface area contributed by atoms with E-state index in [1.807, 2.05) is 45.0 Å². The molecule has 0 aliphatic carbocycles. The Morgan fingerprint density at radius 2 is 1.32 bits per heavy atom. The zero-order valence-corrected chi connectivity index (χ0v) is 13.9. The van der Waals surface area contributed by atoms with Gasteiger partial charge in [-0.15, -0.1) is 0 Å². The summed E-state index contributed by atoms with van der Waals surface area (Å²) in [4.78, 5) is 0.277. The summed E-state index contributed by atoms with van der Waals surface area (Å²) >= 11 is 0. The van der Waals surface area contributed by atoms with Gasteiger partial charge in [0.05, 0.1) is 4.90 Å². The average molecular weight is 318 g/mol. The summed E-state index contributed by atoms with van der Waals surface area (Å²) in [5.41, 5.74) is 8.33. The van der Waals surface area contributed by atoms with Gasteiger partial charge in [0.25, 0.3) is 0 Å². The van der Waals surface area contributed by atoms with Crippen LogP contribution in [0.2, 0.25) is 0 Å². The predicted octanol–water partition coefficient (Wildman–Crippen LogP) is 3.26. The molecule has 5 heteroatoms. The molecule has 22 heavy (non-hydrogen) atoms. The Kier molecular flexibility index (Phi) is 4.88. The summed E-state index contributed by atoms with van der Waals surface area (Å²) in [6.45, 7) is 5.83. The normalized spacial score (nSPS) is 13.3. The average Bonchev–Trinajstić information content (AvgIpc) is 2.47.